The summed E-state index contributed by atoms with van der Waals surface area (Å²) in [5.41, 5.74) is -1.57. The first-order valence-electron chi connectivity index (χ1n) is 11.3. The van der Waals surface area contributed by atoms with Gasteiger partial charge in [0.05, 0.1) is 22.9 Å². The van der Waals surface area contributed by atoms with E-state index in [9.17, 15) is 44.3 Å². The van der Waals surface area contributed by atoms with Gasteiger partial charge in [-0.15, -0.1) is 5.10 Å². The number of aliphatic carboxylic acids is 1. The zero-order valence-electron chi connectivity index (χ0n) is 21.1. The van der Waals surface area contributed by atoms with E-state index in [0.717, 1.165) is 30.5 Å². The second kappa shape index (κ2) is 11.6. The summed E-state index contributed by atoms with van der Waals surface area (Å²) in [5.74, 6) is -4.00. The van der Waals surface area contributed by atoms with Crippen LogP contribution in [0.4, 0.5) is 39.5 Å². The Morgan fingerprint density at radius 2 is 1.50 bits per heavy atom. The maximum atomic E-state index is 13.7. The highest BCUT2D eigenvalue weighted by molar-refractivity contribution is 5.91. The van der Waals surface area contributed by atoms with Gasteiger partial charge in [0.1, 0.15) is 0 Å². The number of alkyl halides is 9. The molecule has 3 heterocycles. The smallest absolute Gasteiger partial charge is 0.475 e. The Hall–Kier alpha value is -4.77. The van der Waals surface area contributed by atoms with Crippen molar-refractivity contribution in [2.24, 2.45) is 0 Å². The van der Waals surface area contributed by atoms with Crippen molar-refractivity contribution in [3.8, 4) is 0 Å². The highest BCUT2D eigenvalue weighted by atomic mass is 19.4. The van der Waals surface area contributed by atoms with Crippen molar-refractivity contribution in [1.29, 1.82) is 0 Å². The SMILES string of the molecule is Cc1cc(C)n2nc(C(=O)NC(c3ccc(C(F)(F)F)cc3)c3ncccc3C(F)(F)F)nc2n1.O=C(O)C(F)(F)F. The number of carbonyl (C=O) groups excluding carboxylic acids is 1. The zero-order chi connectivity index (χ0) is 31.6. The van der Waals surface area contributed by atoms with E-state index < -0.39 is 53.3 Å². The summed E-state index contributed by atoms with van der Waals surface area (Å²) >= 11 is 0. The maximum Gasteiger partial charge on any atom is 0.490 e. The summed E-state index contributed by atoms with van der Waals surface area (Å²) in [5, 5.41) is 13.6. The molecule has 1 unspecified atom stereocenters. The van der Waals surface area contributed by atoms with E-state index in [2.05, 4.69) is 25.4 Å². The van der Waals surface area contributed by atoms with Gasteiger partial charge in [-0.05, 0) is 49.7 Å². The van der Waals surface area contributed by atoms with Crippen molar-refractivity contribution in [2.75, 3.05) is 0 Å². The zero-order valence-corrected chi connectivity index (χ0v) is 21.1. The normalized spacial score (nSPS) is 12.8. The van der Waals surface area contributed by atoms with Gasteiger partial charge in [0, 0.05) is 17.6 Å². The number of carboxylic acid groups (broad SMARTS) is 1. The number of amides is 1. The summed E-state index contributed by atoms with van der Waals surface area (Å²) in [6, 6.07) is 5.36. The topological polar surface area (TPSA) is 122 Å². The quantitative estimate of drug-likeness (QED) is 0.301. The van der Waals surface area contributed by atoms with Crippen molar-refractivity contribution in [3.05, 3.63) is 88.3 Å². The number of fused-ring (bicyclic) bond motifs is 1. The molecule has 1 atom stereocenters. The van der Waals surface area contributed by atoms with Gasteiger partial charge in [0.15, 0.2) is 0 Å². The lowest BCUT2D eigenvalue weighted by Gasteiger charge is -2.22. The molecule has 0 aliphatic heterocycles. The first-order valence-corrected chi connectivity index (χ1v) is 11.3. The second-order valence-corrected chi connectivity index (χ2v) is 8.45. The average molecular weight is 608 g/mol. The molecular weight excluding hydrogens is 591 g/mol. The van der Waals surface area contributed by atoms with Crippen LogP contribution in [-0.2, 0) is 17.1 Å². The Bertz CT molecular complexity index is 1600. The Morgan fingerprint density at radius 3 is 2.02 bits per heavy atom. The predicted octanol–water partition coefficient (Wildman–Crippen LogP) is 5.33. The van der Waals surface area contributed by atoms with Gasteiger partial charge in [-0.25, -0.2) is 14.3 Å². The molecule has 0 bridgehead atoms. The maximum absolute atomic E-state index is 13.7. The molecule has 224 valence electrons. The minimum Gasteiger partial charge on any atom is -0.475 e. The number of hydrogen-bond acceptors (Lipinski definition) is 6. The Labute approximate surface area is 229 Å². The van der Waals surface area contributed by atoms with E-state index in [0.29, 0.717) is 23.5 Å². The molecule has 18 heteroatoms. The molecule has 0 saturated heterocycles. The van der Waals surface area contributed by atoms with E-state index in [1.54, 1.807) is 19.9 Å². The third-order valence-electron chi connectivity index (χ3n) is 5.33. The van der Waals surface area contributed by atoms with Gasteiger partial charge in [0.2, 0.25) is 5.82 Å². The van der Waals surface area contributed by atoms with Gasteiger partial charge in [-0.2, -0.15) is 44.5 Å². The van der Waals surface area contributed by atoms with Gasteiger partial charge in [0.25, 0.3) is 11.7 Å². The number of rotatable bonds is 4. The van der Waals surface area contributed by atoms with Crippen LogP contribution in [0.2, 0.25) is 0 Å². The third kappa shape index (κ3) is 7.49. The van der Waals surface area contributed by atoms with E-state index in [1.807, 2.05) is 0 Å². The fourth-order valence-corrected chi connectivity index (χ4v) is 3.52. The number of pyridine rings is 1. The van der Waals surface area contributed by atoms with Crippen molar-refractivity contribution < 1.29 is 54.2 Å². The molecule has 2 N–H and O–H groups in total. The highest BCUT2D eigenvalue weighted by Crippen LogP contribution is 2.36. The number of benzene rings is 1. The van der Waals surface area contributed by atoms with Crippen molar-refractivity contribution in [3.63, 3.8) is 0 Å². The van der Waals surface area contributed by atoms with Crippen LogP contribution in [0.3, 0.4) is 0 Å². The first kappa shape index (κ1) is 31.8. The van der Waals surface area contributed by atoms with E-state index in [1.165, 1.54) is 4.52 Å². The summed E-state index contributed by atoms with van der Waals surface area (Å²) < 4.78 is 113. The van der Waals surface area contributed by atoms with Crippen LogP contribution < -0.4 is 5.32 Å². The average Bonchev–Trinajstić information content (AvgIpc) is 3.31. The molecule has 0 radical (unpaired) electrons. The number of carboxylic acids is 1. The fraction of sp³-hybridized carbons (Fsp3) is 0.250. The molecule has 4 aromatic rings. The molecule has 0 fully saturated rings. The first-order chi connectivity index (χ1) is 19.3. The van der Waals surface area contributed by atoms with Crippen LogP contribution in [0, 0.1) is 13.8 Å². The number of aromatic nitrogens is 5. The standard InChI is InChI=1S/C22H16F6N6O.C2HF3O2/c1-11-10-12(2)34-20(30-11)32-18(33-34)19(35)31-16(13-5-7-14(8-6-13)21(23,24)25)17-15(22(26,27)28)4-3-9-29-17;3-2(4,5)1(6)7/h3-10,16H,1-2H3,(H,31,35);(H,6,7). The monoisotopic (exact) mass is 608 g/mol. The largest absolute Gasteiger partial charge is 0.490 e. The molecule has 0 aliphatic rings. The Kier molecular flexibility index (Phi) is 8.78. The van der Waals surface area contributed by atoms with Crippen molar-refractivity contribution in [1.82, 2.24) is 29.9 Å². The second-order valence-electron chi connectivity index (χ2n) is 8.45. The Morgan fingerprint density at radius 1 is 0.905 bits per heavy atom. The molecule has 0 saturated carbocycles. The van der Waals surface area contributed by atoms with Crippen LogP contribution in [0.1, 0.15) is 50.4 Å². The summed E-state index contributed by atoms with van der Waals surface area (Å²) in [7, 11) is 0. The van der Waals surface area contributed by atoms with Gasteiger partial charge in [-0.3, -0.25) is 9.78 Å². The number of nitrogens with zero attached hydrogens (tertiary/aromatic N) is 5. The highest BCUT2D eigenvalue weighted by Gasteiger charge is 2.39. The lowest BCUT2D eigenvalue weighted by atomic mass is 9.97. The molecule has 9 nitrogen and oxygen atoms in total. The molecule has 1 aromatic carbocycles. The van der Waals surface area contributed by atoms with Crippen LogP contribution in [-0.4, -0.2) is 47.7 Å². The van der Waals surface area contributed by atoms with Crippen LogP contribution in [0.25, 0.3) is 5.78 Å². The molecule has 4 rings (SSSR count). The predicted molar refractivity (Wildman–Crippen MR) is 124 cm³/mol. The molecule has 1 amide bonds. The van der Waals surface area contributed by atoms with Crippen LogP contribution in [0.15, 0.2) is 48.7 Å². The van der Waals surface area contributed by atoms with Crippen molar-refractivity contribution in [2.45, 2.75) is 38.4 Å². The molecule has 42 heavy (non-hydrogen) atoms. The lowest BCUT2D eigenvalue weighted by Crippen LogP contribution is -2.32. The lowest BCUT2D eigenvalue weighted by molar-refractivity contribution is -0.192. The number of nitrogens with one attached hydrogen (secondary N) is 1. The summed E-state index contributed by atoms with van der Waals surface area (Å²) in [6.07, 6.45) is -13.5. The number of hydrogen-bond donors (Lipinski definition) is 2. The minimum atomic E-state index is -5.08. The van der Waals surface area contributed by atoms with Gasteiger partial charge in [-0.1, -0.05) is 12.1 Å². The molecular formula is C24H17F9N6O3. The van der Waals surface area contributed by atoms with Gasteiger partial charge < -0.3 is 10.4 Å². The van der Waals surface area contributed by atoms with Gasteiger partial charge >= 0.3 is 24.5 Å². The van der Waals surface area contributed by atoms with Crippen molar-refractivity contribution >= 4 is 17.7 Å². The molecule has 3 aromatic heterocycles. The Balaban J connectivity index is 0.000000616. The minimum absolute atomic E-state index is 0.0514. The number of halogens is 9. The summed E-state index contributed by atoms with van der Waals surface area (Å²) in [4.78, 5) is 33.9. The third-order valence-corrected chi connectivity index (χ3v) is 5.33. The number of aryl methyl sites for hydroxylation is 2. The number of carbonyl (C=O) groups is 2. The van der Waals surface area contributed by atoms with Crippen LogP contribution in [0.5, 0.6) is 0 Å². The molecule has 0 aliphatic carbocycles. The van der Waals surface area contributed by atoms with E-state index >= 15 is 0 Å². The summed E-state index contributed by atoms with van der Waals surface area (Å²) in [6.45, 7) is 3.41. The molecule has 0 spiro atoms. The van der Waals surface area contributed by atoms with Crippen LogP contribution >= 0.6 is 0 Å². The fourth-order valence-electron chi connectivity index (χ4n) is 3.52. The van der Waals surface area contributed by atoms with E-state index in [-0.39, 0.29) is 17.2 Å². The van der Waals surface area contributed by atoms with E-state index in [4.69, 9.17) is 9.90 Å².